The van der Waals surface area contributed by atoms with Crippen LogP contribution in [-0.4, -0.2) is 35.7 Å². The van der Waals surface area contributed by atoms with Crippen LogP contribution in [0.3, 0.4) is 0 Å². The zero-order chi connectivity index (χ0) is 18.2. The van der Waals surface area contributed by atoms with E-state index in [2.05, 4.69) is 39.1 Å². The maximum atomic E-state index is 5.90. The van der Waals surface area contributed by atoms with Gasteiger partial charge in [0.15, 0.2) is 5.82 Å². The zero-order valence-corrected chi connectivity index (χ0v) is 16.1. The van der Waals surface area contributed by atoms with Gasteiger partial charge >= 0.3 is 0 Å². The number of rotatable bonds is 8. The third-order valence-corrected chi connectivity index (χ3v) is 5.61. The summed E-state index contributed by atoms with van der Waals surface area (Å²) in [5, 5.41) is 3.15. The van der Waals surface area contributed by atoms with Crippen molar-refractivity contribution in [3.8, 4) is 0 Å². The van der Waals surface area contributed by atoms with Crippen molar-refractivity contribution in [1.82, 2.24) is 15.3 Å². The monoisotopic (exact) mass is 370 g/mol. The Morgan fingerprint density at radius 2 is 2.08 bits per heavy atom. The average molecular weight is 371 g/mol. The van der Waals surface area contributed by atoms with Crippen molar-refractivity contribution >= 4 is 24.1 Å². The van der Waals surface area contributed by atoms with E-state index < -0.39 is 0 Å². The van der Waals surface area contributed by atoms with Crippen molar-refractivity contribution in [3.63, 3.8) is 0 Å². The van der Waals surface area contributed by atoms with Crippen LogP contribution in [0.2, 0.25) is 0 Å². The SMILES string of the molecule is C=NC1=C(SCNC)C=C(c2cnc(COC3CCCC3)nc2)CC=C1. The Morgan fingerprint density at radius 1 is 1.31 bits per heavy atom. The van der Waals surface area contributed by atoms with Gasteiger partial charge in [-0.15, -0.1) is 11.8 Å². The highest BCUT2D eigenvalue weighted by Gasteiger charge is 2.16. The number of ether oxygens (including phenoxy) is 1. The number of aliphatic imine (C=N–C) groups is 1. The quantitative estimate of drug-likeness (QED) is 0.551. The predicted molar refractivity (Wildman–Crippen MR) is 109 cm³/mol. The molecule has 1 heterocycles. The van der Waals surface area contributed by atoms with Gasteiger partial charge in [-0.05, 0) is 50.8 Å². The molecule has 2 aliphatic carbocycles. The summed E-state index contributed by atoms with van der Waals surface area (Å²) in [6.07, 6.45) is 16.2. The van der Waals surface area contributed by atoms with Crippen LogP contribution in [0.25, 0.3) is 5.57 Å². The molecule has 26 heavy (non-hydrogen) atoms. The van der Waals surface area contributed by atoms with Crippen LogP contribution >= 0.6 is 11.8 Å². The molecular formula is C20H26N4OS. The molecule has 0 spiro atoms. The van der Waals surface area contributed by atoms with Crippen molar-refractivity contribution in [1.29, 1.82) is 0 Å². The first kappa shape index (κ1) is 19.0. The number of hydrogen-bond donors (Lipinski definition) is 1. The van der Waals surface area contributed by atoms with Crippen LogP contribution in [0, 0.1) is 0 Å². The van der Waals surface area contributed by atoms with Crippen LogP contribution in [0.1, 0.15) is 43.5 Å². The molecule has 0 amide bonds. The van der Waals surface area contributed by atoms with Crippen LogP contribution in [0.4, 0.5) is 0 Å². The van der Waals surface area contributed by atoms with Gasteiger partial charge in [0.25, 0.3) is 0 Å². The molecule has 1 aromatic heterocycles. The lowest BCUT2D eigenvalue weighted by molar-refractivity contribution is 0.0417. The third kappa shape index (κ3) is 5.13. The van der Waals surface area contributed by atoms with Gasteiger partial charge in [-0.3, -0.25) is 4.99 Å². The van der Waals surface area contributed by atoms with Crippen molar-refractivity contribution in [2.24, 2.45) is 4.99 Å². The molecule has 3 rings (SSSR count). The van der Waals surface area contributed by atoms with Crippen LogP contribution in [-0.2, 0) is 11.3 Å². The van der Waals surface area contributed by atoms with Crippen LogP contribution < -0.4 is 5.32 Å². The first-order valence-corrected chi connectivity index (χ1v) is 10.1. The maximum Gasteiger partial charge on any atom is 0.153 e. The molecule has 1 N–H and O–H groups in total. The van der Waals surface area contributed by atoms with Crippen molar-refractivity contribution in [2.75, 3.05) is 12.9 Å². The molecule has 138 valence electrons. The lowest BCUT2D eigenvalue weighted by Crippen LogP contribution is -2.09. The summed E-state index contributed by atoms with van der Waals surface area (Å²) in [6.45, 7) is 4.18. The van der Waals surface area contributed by atoms with Crippen molar-refractivity contribution in [3.05, 3.63) is 52.6 Å². The highest BCUT2D eigenvalue weighted by Crippen LogP contribution is 2.31. The molecule has 1 fully saturated rings. The summed E-state index contributed by atoms with van der Waals surface area (Å²) in [5.41, 5.74) is 3.12. The molecule has 0 atom stereocenters. The Morgan fingerprint density at radius 3 is 2.77 bits per heavy atom. The minimum absolute atomic E-state index is 0.384. The second-order valence-electron chi connectivity index (χ2n) is 6.43. The second-order valence-corrected chi connectivity index (χ2v) is 7.45. The highest BCUT2D eigenvalue weighted by molar-refractivity contribution is 8.03. The minimum atomic E-state index is 0.384. The van der Waals surface area contributed by atoms with Crippen molar-refractivity contribution < 1.29 is 4.74 Å². The number of nitrogens with one attached hydrogen (secondary N) is 1. The average Bonchev–Trinajstić information content (AvgIpc) is 3.11. The van der Waals surface area contributed by atoms with Crippen LogP contribution in [0.15, 0.2) is 46.2 Å². The van der Waals surface area contributed by atoms with Gasteiger partial charge in [0.1, 0.15) is 6.61 Å². The molecule has 0 aromatic carbocycles. The Balaban J connectivity index is 1.70. The molecule has 1 aromatic rings. The molecule has 2 aliphatic rings. The molecule has 0 bridgehead atoms. The van der Waals surface area contributed by atoms with Gasteiger partial charge in [0.05, 0.1) is 11.8 Å². The van der Waals surface area contributed by atoms with E-state index in [0.29, 0.717) is 12.7 Å². The molecule has 0 aliphatic heterocycles. The molecule has 0 unspecified atom stereocenters. The van der Waals surface area contributed by atoms with Crippen molar-refractivity contribution in [2.45, 2.75) is 44.8 Å². The molecule has 5 nitrogen and oxygen atoms in total. The van der Waals surface area contributed by atoms with Gasteiger partial charge in [0.2, 0.25) is 0 Å². The number of aromatic nitrogens is 2. The zero-order valence-electron chi connectivity index (χ0n) is 15.3. The van der Waals surface area contributed by atoms with E-state index in [0.717, 1.165) is 47.1 Å². The van der Waals surface area contributed by atoms with Gasteiger partial charge in [-0.25, -0.2) is 9.97 Å². The summed E-state index contributed by atoms with van der Waals surface area (Å²) < 4.78 is 5.90. The maximum absolute atomic E-state index is 5.90. The summed E-state index contributed by atoms with van der Waals surface area (Å²) in [6, 6.07) is 0. The van der Waals surface area contributed by atoms with E-state index in [4.69, 9.17) is 4.74 Å². The lowest BCUT2D eigenvalue weighted by atomic mass is 10.1. The summed E-state index contributed by atoms with van der Waals surface area (Å²) in [4.78, 5) is 14.3. The molecule has 0 saturated heterocycles. The Bertz CT molecular complexity index is 703. The molecule has 1 saturated carbocycles. The normalized spacial score (nSPS) is 18.1. The second kappa shape index (κ2) is 9.80. The predicted octanol–water partition coefficient (Wildman–Crippen LogP) is 4.10. The number of allylic oxidation sites excluding steroid dienone is 4. The van der Waals surface area contributed by atoms with Gasteiger partial charge in [0, 0.05) is 28.7 Å². The smallest absolute Gasteiger partial charge is 0.153 e. The fourth-order valence-electron chi connectivity index (χ4n) is 3.11. The fourth-order valence-corrected chi connectivity index (χ4v) is 3.92. The minimum Gasteiger partial charge on any atom is -0.370 e. The first-order chi connectivity index (χ1) is 12.8. The largest absolute Gasteiger partial charge is 0.370 e. The Hall–Kier alpha value is -1.76. The topological polar surface area (TPSA) is 59.4 Å². The standard InChI is InChI=1S/C20H26N4OS/c1-21-14-26-19-10-15(6-5-9-18(19)22-2)16-11-23-20(24-12-16)13-25-17-7-3-4-8-17/h5,9-12,17,21H,2-4,6-8,13-14H2,1H3. The Labute approximate surface area is 159 Å². The van der Waals surface area contributed by atoms with Gasteiger partial charge in [-0.2, -0.15) is 0 Å². The first-order valence-electron chi connectivity index (χ1n) is 9.08. The van der Waals surface area contributed by atoms with E-state index in [9.17, 15) is 0 Å². The van der Waals surface area contributed by atoms with Gasteiger partial charge in [-0.1, -0.05) is 18.9 Å². The molecule has 6 heteroatoms. The van der Waals surface area contributed by atoms with E-state index >= 15 is 0 Å². The third-order valence-electron chi connectivity index (χ3n) is 4.54. The van der Waals surface area contributed by atoms with E-state index in [-0.39, 0.29) is 0 Å². The highest BCUT2D eigenvalue weighted by atomic mass is 32.2. The summed E-state index contributed by atoms with van der Waals surface area (Å²) >= 11 is 1.71. The van der Waals surface area contributed by atoms with Gasteiger partial charge < -0.3 is 10.1 Å². The number of nitrogens with zero attached hydrogens (tertiary/aromatic N) is 3. The molecular weight excluding hydrogens is 344 g/mol. The van der Waals surface area contributed by atoms with E-state index in [1.807, 2.05) is 25.5 Å². The Kier molecular flexibility index (Phi) is 7.17. The summed E-state index contributed by atoms with van der Waals surface area (Å²) in [5.74, 6) is 1.57. The van der Waals surface area contributed by atoms with E-state index in [1.54, 1.807) is 11.8 Å². The summed E-state index contributed by atoms with van der Waals surface area (Å²) in [7, 11) is 1.94. The number of thioether (sulfide) groups is 1. The van der Waals surface area contributed by atoms with Crippen LogP contribution in [0.5, 0.6) is 0 Å². The fraction of sp³-hybridized carbons (Fsp3) is 0.450. The molecule has 0 radical (unpaired) electrons. The number of hydrogen-bond acceptors (Lipinski definition) is 6. The van der Waals surface area contributed by atoms with E-state index in [1.165, 1.54) is 18.4 Å². The lowest BCUT2D eigenvalue weighted by Gasteiger charge is -2.11.